The first kappa shape index (κ1) is 22.9. The molecule has 178 valence electrons. The van der Waals surface area contributed by atoms with E-state index in [9.17, 15) is 14.7 Å². The number of carboxylic acids is 1. The molecule has 9 nitrogen and oxygen atoms in total. The van der Waals surface area contributed by atoms with Gasteiger partial charge in [0.25, 0.3) is 5.56 Å². The van der Waals surface area contributed by atoms with Gasteiger partial charge in [-0.25, -0.2) is 8.97 Å². The minimum Gasteiger partial charge on any atom is -0.497 e. The van der Waals surface area contributed by atoms with E-state index in [1.807, 2.05) is 0 Å². The highest BCUT2D eigenvalue weighted by molar-refractivity contribution is 8.00. The summed E-state index contributed by atoms with van der Waals surface area (Å²) in [5, 5.41) is 18.4. The van der Waals surface area contributed by atoms with E-state index in [1.54, 1.807) is 42.7 Å². The molecule has 1 aliphatic rings. The number of ether oxygens (including phenoxy) is 2. The summed E-state index contributed by atoms with van der Waals surface area (Å²) in [6.07, 6.45) is 0.670. The SMILES string of the molecule is COc1ccc(-n2c(=O)c3c4c(sc3n3c(S[C@H](C)C(=O)O)nnc23)CO[C@H](C(C)C)C4)cc1. The number of hydrogen-bond donors (Lipinski definition) is 1. The van der Waals surface area contributed by atoms with Crippen LogP contribution in [0.5, 0.6) is 5.75 Å². The number of fused-ring (bicyclic) bond motifs is 5. The maximum Gasteiger partial charge on any atom is 0.316 e. The van der Waals surface area contributed by atoms with E-state index in [0.29, 0.717) is 51.5 Å². The average molecular weight is 501 g/mol. The maximum atomic E-state index is 14.0. The van der Waals surface area contributed by atoms with Crippen molar-refractivity contribution in [3.8, 4) is 11.4 Å². The second-order valence-corrected chi connectivity index (χ2v) is 10.9. The molecule has 0 radical (unpaired) electrons. The van der Waals surface area contributed by atoms with Gasteiger partial charge in [0, 0.05) is 11.3 Å². The van der Waals surface area contributed by atoms with Crippen LogP contribution in [-0.4, -0.2) is 48.7 Å². The molecule has 1 aliphatic heterocycles. The molecule has 2 atom stereocenters. The number of aromatic nitrogens is 4. The van der Waals surface area contributed by atoms with Gasteiger partial charge in [0.05, 0.1) is 30.9 Å². The van der Waals surface area contributed by atoms with E-state index in [2.05, 4.69) is 24.0 Å². The monoisotopic (exact) mass is 500 g/mol. The van der Waals surface area contributed by atoms with Gasteiger partial charge in [0.15, 0.2) is 5.16 Å². The van der Waals surface area contributed by atoms with Crippen molar-refractivity contribution < 1.29 is 19.4 Å². The molecule has 0 fully saturated rings. The molecule has 0 saturated heterocycles. The van der Waals surface area contributed by atoms with Crippen LogP contribution in [0.25, 0.3) is 21.7 Å². The minimum absolute atomic E-state index is 0.0247. The number of carbonyl (C=O) groups is 1. The van der Waals surface area contributed by atoms with Crippen LogP contribution in [0.1, 0.15) is 31.2 Å². The third-order valence-electron chi connectivity index (χ3n) is 6.05. The first-order valence-electron chi connectivity index (χ1n) is 10.9. The summed E-state index contributed by atoms with van der Waals surface area (Å²) in [5.41, 5.74) is 1.44. The third-order valence-corrected chi connectivity index (χ3v) is 8.27. The molecule has 0 unspecified atom stereocenters. The number of nitrogens with zero attached hydrogens (tertiary/aromatic N) is 4. The van der Waals surface area contributed by atoms with Crippen molar-refractivity contribution in [1.82, 2.24) is 19.2 Å². The summed E-state index contributed by atoms with van der Waals surface area (Å²) in [6.45, 7) is 6.27. The fourth-order valence-electron chi connectivity index (χ4n) is 4.12. The van der Waals surface area contributed by atoms with Gasteiger partial charge in [0.2, 0.25) is 5.78 Å². The smallest absolute Gasteiger partial charge is 0.316 e. The molecule has 5 rings (SSSR count). The zero-order chi connectivity index (χ0) is 24.1. The number of benzene rings is 1. The highest BCUT2D eigenvalue weighted by atomic mass is 32.2. The Bertz CT molecular complexity index is 1450. The van der Waals surface area contributed by atoms with Crippen LogP contribution >= 0.6 is 23.1 Å². The second-order valence-electron chi connectivity index (χ2n) is 8.54. The quantitative estimate of drug-likeness (QED) is 0.399. The third kappa shape index (κ3) is 3.68. The minimum atomic E-state index is -0.944. The first-order valence-corrected chi connectivity index (χ1v) is 12.6. The Morgan fingerprint density at radius 1 is 1.26 bits per heavy atom. The van der Waals surface area contributed by atoms with Gasteiger partial charge in [-0.3, -0.25) is 9.59 Å². The van der Waals surface area contributed by atoms with Crippen LogP contribution in [-0.2, 0) is 22.6 Å². The molecule has 4 aromatic rings. The number of thioether (sulfide) groups is 1. The predicted octanol–water partition coefficient (Wildman–Crippen LogP) is 3.77. The van der Waals surface area contributed by atoms with Crippen LogP contribution < -0.4 is 10.3 Å². The Kier molecular flexibility index (Phi) is 5.86. The van der Waals surface area contributed by atoms with Crippen LogP contribution in [0.15, 0.2) is 34.2 Å². The van der Waals surface area contributed by atoms with Gasteiger partial charge < -0.3 is 14.6 Å². The fraction of sp³-hybridized carbons (Fsp3) is 0.391. The van der Waals surface area contributed by atoms with Gasteiger partial charge in [0.1, 0.15) is 15.8 Å². The molecule has 0 saturated carbocycles. The average Bonchev–Trinajstić information content (AvgIpc) is 3.40. The fourth-order valence-corrected chi connectivity index (χ4v) is 6.20. The van der Waals surface area contributed by atoms with Crippen LogP contribution in [0, 0.1) is 5.92 Å². The van der Waals surface area contributed by atoms with Crippen molar-refractivity contribution >= 4 is 45.1 Å². The second kappa shape index (κ2) is 8.71. The lowest BCUT2D eigenvalue weighted by Gasteiger charge is -2.26. The van der Waals surface area contributed by atoms with E-state index in [0.717, 1.165) is 22.2 Å². The lowest BCUT2D eigenvalue weighted by Crippen LogP contribution is -2.28. The van der Waals surface area contributed by atoms with Gasteiger partial charge in [-0.05, 0) is 42.7 Å². The van der Waals surface area contributed by atoms with Crippen LogP contribution in [0.2, 0.25) is 0 Å². The molecule has 0 aliphatic carbocycles. The Morgan fingerprint density at radius 3 is 2.65 bits per heavy atom. The largest absolute Gasteiger partial charge is 0.497 e. The lowest BCUT2D eigenvalue weighted by molar-refractivity contribution is -0.136. The summed E-state index contributed by atoms with van der Waals surface area (Å²) in [5.74, 6) is 0.377. The van der Waals surface area contributed by atoms with Crippen molar-refractivity contribution in [2.75, 3.05) is 7.11 Å². The Hall–Kier alpha value is -2.89. The van der Waals surface area contributed by atoms with Gasteiger partial charge in [-0.1, -0.05) is 25.6 Å². The van der Waals surface area contributed by atoms with Crippen LogP contribution in [0.3, 0.4) is 0 Å². The predicted molar refractivity (Wildman–Crippen MR) is 131 cm³/mol. The van der Waals surface area contributed by atoms with Crippen LogP contribution in [0.4, 0.5) is 0 Å². The molecule has 4 heterocycles. The standard InChI is InChI=1S/C23H24N4O5S2/c1-11(2)16-9-15-17(10-32-16)34-20-18(15)19(28)26(13-5-7-14(31-4)8-6-13)22-24-25-23(27(20)22)33-12(3)21(29)30/h5-8,11-12,16H,9-10H2,1-4H3,(H,29,30)/t12-,16+/m1/s1. The van der Waals surface area contributed by atoms with Crippen molar-refractivity contribution in [3.05, 3.63) is 45.1 Å². The molecule has 0 spiro atoms. The van der Waals surface area contributed by atoms with Crippen molar-refractivity contribution in [2.45, 2.75) is 50.3 Å². The molecule has 1 N–H and O–H groups in total. The van der Waals surface area contributed by atoms with Crippen molar-refractivity contribution in [3.63, 3.8) is 0 Å². The summed E-state index contributed by atoms with van der Waals surface area (Å²) in [7, 11) is 1.59. The zero-order valence-corrected chi connectivity index (χ0v) is 20.8. The van der Waals surface area contributed by atoms with Gasteiger partial charge >= 0.3 is 5.97 Å². The molecule has 3 aromatic heterocycles. The van der Waals surface area contributed by atoms with Crippen molar-refractivity contribution in [1.29, 1.82) is 0 Å². The summed E-state index contributed by atoms with van der Waals surface area (Å²) < 4.78 is 14.7. The van der Waals surface area contributed by atoms with Gasteiger partial charge in [-0.15, -0.1) is 21.5 Å². The summed E-state index contributed by atoms with van der Waals surface area (Å²) >= 11 is 2.58. The topological polar surface area (TPSA) is 108 Å². The summed E-state index contributed by atoms with van der Waals surface area (Å²) in [6, 6.07) is 7.16. The lowest BCUT2D eigenvalue weighted by atomic mass is 9.96. The van der Waals surface area contributed by atoms with E-state index in [4.69, 9.17) is 9.47 Å². The van der Waals surface area contributed by atoms with Gasteiger partial charge in [-0.2, -0.15) is 0 Å². The summed E-state index contributed by atoms with van der Waals surface area (Å²) in [4.78, 5) is 27.2. The van der Waals surface area contributed by atoms with Crippen molar-refractivity contribution in [2.24, 2.45) is 5.92 Å². The molecule has 0 bridgehead atoms. The molecular weight excluding hydrogens is 476 g/mol. The number of aliphatic carboxylic acids is 1. The Morgan fingerprint density at radius 2 is 2.00 bits per heavy atom. The van der Waals surface area contributed by atoms with E-state index in [-0.39, 0.29) is 11.7 Å². The number of hydrogen-bond acceptors (Lipinski definition) is 8. The molecule has 11 heteroatoms. The highest BCUT2D eigenvalue weighted by Crippen LogP contribution is 2.38. The van der Waals surface area contributed by atoms with E-state index >= 15 is 0 Å². The molecule has 34 heavy (non-hydrogen) atoms. The molecule has 0 amide bonds. The molecule has 1 aromatic carbocycles. The zero-order valence-electron chi connectivity index (χ0n) is 19.1. The first-order chi connectivity index (χ1) is 16.3. The number of carboxylic acid groups (broad SMARTS) is 1. The Labute approximate surface area is 203 Å². The maximum absolute atomic E-state index is 14.0. The van der Waals surface area contributed by atoms with E-state index < -0.39 is 11.2 Å². The normalized spacial score (nSPS) is 16.8. The Balaban J connectivity index is 1.82. The number of thiophene rings is 1. The van der Waals surface area contributed by atoms with E-state index in [1.165, 1.54) is 15.9 Å². The number of rotatable bonds is 6. The molecular formula is C23H24N4O5S2. The number of methoxy groups -OCH3 is 1. The highest BCUT2D eigenvalue weighted by Gasteiger charge is 2.30.